The van der Waals surface area contributed by atoms with Crippen LogP contribution < -0.4 is 0 Å². The topological polar surface area (TPSA) is 0 Å². The second-order valence-electron chi connectivity index (χ2n) is 7.29. The lowest BCUT2D eigenvalue weighted by atomic mass is 9.80. The van der Waals surface area contributed by atoms with Gasteiger partial charge in [0, 0.05) is 9.73 Å². The number of rotatable bonds is 2. The summed E-state index contributed by atoms with van der Waals surface area (Å²) in [5.74, 6) is 0. The van der Waals surface area contributed by atoms with Crippen molar-refractivity contribution >= 4 is 45.9 Å². The first-order chi connectivity index (χ1) is 8.65. The molecule has 0 bridgehead atoms. The summed E-state index contributed by atoms with van der Waals surface area (Å²) in [5, 5.41) is 0. The Balaban J connectivity index is 2.13. The zero-order valence-electron chi connectivity index (χ0n) is 12.2. The molecule has 0 amide bonds. The maximum absolute atomic E-state index is 5.43. The molecule has 2 aliphatic carbocycles. The van der Waals surface area contributed by atoms with E-state index in [0.29, 0.717) is 10.8 Å². The lowest BCUT2D eigenvalue weighted by Crippen LogP contribution is -2.22. The zero-order chi connectivity index (χ0) is 14.3. The van der Waals surface area contributed by atoms with E-state index >= 15 is 0 Å². The summed E-state index contributed by atoms with van der Waals surface area (Å²) in [4.78, 5) is 5.01. The van der Waals surface area contributed by atoms with Crippen LogP contribution in [0.1, 0.15) is 53.4 Å². The first kappa shape index (κ1) is 15.4. The van der Waals surface area contributed by atoms with Crippen molar-refractivity contribution < 1.29 is 0 Å². The van der Waals surface area contributed by atoms with E-state index in [4.69, 9.17) is 24.4 Å². The molecule has 0 aliphatic heterocycles. The maximum atomic E-state index is 5.43. The highest BCUT2D eigenvalue weighted by atomic mass is 32.2. The highest BCUT2D eigenvalue weighted by molar-refractivity contribution is 8.06. The predicted octanol–water partition coefficient (Wildman–Crippen LogP) is 5.87. The molecule has 19 heavy (non-hydrogen) atoms. The Morgan fingerprint density at radius 2 is 1.16 bits per heavy atom. The molecule has 2 aliphatic rings. The smallest absolute Gasteiger partial charge is 0.0165 e. The molecule has 0 spiro atoms. The number of allylic oxidation sites excluding steroid dienone is 4. The molecule has 0 saturated heterocycles. The van der Waals surface area contributed by atoms with Crippen molar-refractivity contribution in [3.8, 4) is 0 Å². The summed E-state index contributed by atoms with van der Waals surface area (Å²) in [6, 6.07) is 0. The van der Waals surface area contributed by atoms with Gasteiger partial charge in [0.2, 0.25) is 0 Å². The Kier molecular flexibility index (Phi) is 4.39. The van der Waals surface area contributed by atoms with E-state index in [0.717, 1.165) is 35.4 Å². The Hall–Kier alpha value is 0.01000. The largest absolute Gasteiger partial charge is 0.0989 e. The minimum Gasteiger partial charge on any atom is -0.0989 e. The van der Waals surface area contributed by atoms with Gasteiger partial charge < -0.3 is 0 Å². The first-order valence-corrected chi connectivity index (χ1v) is 8.43. The van der Waals surface area contributed by atoms with Gasteiger partial charge in [0.15, 0.2) is 0 Å². The van der Waals surface area contributed by atoms with Crippen molar-refractivity contribution in [2.45, 2.75) is 53.4 Å². The third kappa shape index (κ3) is 4.51. The fraction of sp³-hybridized carbons (Fsp3) is 0.625. The van der Waals surface area contributed by atoms with Crippen molar-refractivity contribution in [2.75, 3.05) is 0 Å². The van der Waals surface area contributed by atoms with Gasteiger partial charge in [0.1, 0.15) is 0 Å². The monoisotopic (exact) mass is 310 g/mol. The Labute approximate surface area is 132 Å². The quantitative estimate of drug-likeness (QED) is 0.586. The summed E-state index contributed by atoms with van der Waals surface area (Å²) in [7, 11) is 0. The first-order valence-electron chi connectivity index (χ1n) is 6.80. The summed E-state index contributed by atoms with van der Waals surface area (Å²) in [6.45, 7) is 9.21. The van der Waals surface area contributed by atoms with Crippen LogP contribution in [-0.2, 0) is 0 Å². The Morgan fingerprint density at radius 1 is 0.789 bits per heavy atom. The number of hydrogen-bond donors (Lipinski definition) is 0. The van der Waals surface area contributed by atoms with Crippen LogP contribution >= 0.6 is 36.2 Å². The summed E-state index contributed by atoms with van der Waals surface area (Å²) >= 11 is 12.8. The molecule has 0 nitrogen and oxygen atoms in total. The number of thioether (sulfide) groups is 1. The van der Waals surface area contributed by atoms with Crippen LogP contribution in [0.3, 0.4) is 0 Å². The molecule has 0 heterocycles. The predicted molar refractivity (Wildman–Crippen MR) is 95.0 cm³/mol. The maximum Gasteiger partial charge on any atom is 0.0165 e. The Bertz CT molecular complexity index is 434. The van der Waals surface area contributed by atoms with Gasteiger partial charge in [-0.15, -0.1) is 0 Å². The highest BCUT2D eigenvalue weighted by Gasteiger charge is 2.29. The average molecular weight is 311 g/mol. The van der Waals surface area contributed by atoms with E-state index in [1.165, 1.54) is 9.81 Å². The minimum absolute atomic E-state index is 0.305. The van der Waals surface area contributed by atoms with Crippen LogP contribution in [0, 0.1) is 10.8 Å². The van der Waals surface area contributed by atoms with Crippen LogP contribution in [-0.4, -0.2) is 9.73 Å². The lowest BCUT2D eigenvalue weighted by Gasteiger charge is -2.33. The minimum atomic E-state index is 0.305. The van der Waals surface area contributed by atoms with E-state index in [9.17, 15) is 0 Å². The average Bonchev–Trinajstić information content (AvgIpc) is 2.08. The molecular weight excluding hydrogens is 288 g/mol. The van der Waals surface area contributed by atoms with Crippen LogP contribution in [0.4, 0.5) is 0 Å². The molecular formula is C16H22S3. The van der Waals surface area contributed by atoms with Gasteiger partial charge >= 0.3 is 0 Å². The molecule has 0 unspecified atom stereocenters. The standard InChI is InChI=1S/C16H22S3/c1-15(2)7-11(17)5-13(9-15)19-14-6-12(18)8-16(3,4)10-14/h5-6H,7-10H2,1-4H3. The van der Waals surface area contributed by atoms with Crippen molar-refractivity contribution in [2.24, 2.45) is 10.8 Å². The third-order valence-corrected chi connectivity index (χ3v) is 5.09. The SMILES string of the molecule is CC1(C)CC(=S)C=C(SC2=CC(=S)CC(C)(C)C2)C1. The van der Waals surface area contributed by atoms with Gasteiger partial charge in [0.25, 0.3) is 0 Å². The second-order valence-corrected chi connectivity index (χ2v) is 9.59. The molecule has 0 fully saturated rings. The van der Waals surface area contributed by atoms with Gasteiger partial charge in [0.05, 0.1) is 0 Å². The van der Waals surface area contributed by atoms with Crippen LogP contribution in [0.5, 0.6) is 0 Å². The number of hydrogen-bond acceptors (Lipinski definition) is 3. The zero-order valence-corrected chi connectivity index (χ0v) is 14.7. The van der Waals surface area contributed by atoms with Gasteiger partial charge in [-0.25, -0.2) is 0 Å². The van der Waals surface area contributed by atoms with E-state index in [1.807, 2.05) is 11.8 Å². The number of thiocarbonyl (C=S) groups is 2. The van der Waals surface area contributed by atoms with E-state index in [-0.39, 0.29) is 0 Å². The van der Waals surface area contributed by atoms with E-state index in [2.05, 4.69) is 39.8 Å². The fourth-order valence-electron chi connectivity index (χ4n) is 2.87. The molecule has 2 rings (SSSR count). The lowest BCUT2D eigenvalue weighted by molar-refractivity contribution is 0.381. The van der Waals surface area contributed by atoms with Crippen molar-refractivity contribution in [3.63, 3.8) is 0 Å². The molecule has 0 atom stereocenters. The molecule has 0 radical (unpaired) electrons. The highest BCUT2D eigenvalue weighted by Crippen LogP contribution is 2.46. The van der Waals surface area contributed by atoms with Gasteiger partial charge in [-0.3, -0.25) is 0 Å². The third-order valence-electron chi connectivity index (χ3n) is 3.52. The van der Waals surface area contributed by atoms with E-state index in [1.54, 1.807) is 0 Å². The molecule has 104 valence electrons. The molecule has 0 saturated carbocycles. The molecule has 0 N–H and O–H groups in total. The van der Waals surface area contributed by atoms with Crippen molar-refractivity contribution in [3.05, 3.63) is 22.0 Å². The van der Waals surface area contributed by atoms with Gasteiger partial charge in [-0.2, -0.15) is 0 Å². The van der Waals surface area contributed by atoms with Crippen LogP contribution in [0.2, 0.25) is 0 Å². The van der Waals surface area contributed by atoms with Crippen molar-refractivity contribution in [1.82, 2.24) is 0 Å². The van der Waals surface area contributed by atoms with Gasteiger partial charge in [-0.05, 0) is 58.5 Å². The summed E-state index contributed by atoms with van der Waals surface area (Å²) in [6.07, 6.45) is 8.74. The van der Waals surface area contributed by atoms with Crippen LogP contribution in [0.15, 0.2) is 22.0 Å². The summed E-state index contributed by atoms with van der Waals surface area (Å²) < 4.78 is 0. The van der Waals surface area contributed by atoms with Gasteiger partial charge in [-0.1, -0.05) is 63.9 Å². The van der Waals surface area contributed by atoms with Crippen molar-refractivity contribution in [1.29, 1.82) is 0 Å². The molecule has 0 aromatic heterocycles. The summed E-state index contributed by atoms with van der Waals surface area (Å²) in [5.41, 5.74) is 0.610. The molecule has 0 aromatic carbocycles. The Morgan fingerprint density at radius 3 is 1.47 bits per heavy atom. The molecule has 3 heteroatoms. The normalized spacial score (nSPS) is 25.9. The molecule has 0 aromatic rings. The fourth-order valence-corrected chi connectivity index (χ4v) is 5.75. The van der Waals surface area contributed by atoms with Crippen LogP contribution in [0.25, 0.3) is 0 Å². The van der Waals surface area contributed by atoms with E-state index < -0.39 is 0 Å². The second kappa shape index (κ2) is 5.42.